The van der Waals surface area contributed by atoms with Crippen molar-refractivity contribution in [1.82, 2.24) is 20.0 Å². The van der Waals surface area contributed by atoms with Crippen molar-refractivity contribution in [3.05, 3.63) is 135 Å². The molecule has 0 saturated carbocycles. The molecule has 45 heavy (non-hydrogen) atoms. The van der Waals surface area contributed by atoms with E-state index in [0.29, 0.717) is 12.2 Å². The van der Waals surface area contributed by atoms with Gasteiger partial charge in [0, 0.05) is 42.5 Å². The van der Waals surface area contributed by atoms with E-state index in [1.54, 1.807) is 24.1 Å². The molecule has 234 valence electrons. The Morgan fingerprint density at radius 2 is 1.42 bits per heavy atom. The lowest BCUT2D eigenvalue weighted by Crippen LogP contribution is -2.44. The quantitative estimate of drug-likeness (QED) is 0.160. The van der Waals surface area contributed by atoms with E-state index >= 15 is 0 Å². The lowest BCUT2D eigenvalue weighted by Gasteiger charge is -2.43. The van der Waals surface area contributed by atoms with Crippen LogP contribution in [0.25, 0.3) is 0 Å². The Morgan fingerprint density at radius 3 is 1.93 bits per heavy atom. The lowest BCUT2D eigenvalue weighted by molar-refractivity contribution is -0.384. The average Bonchev–Trinajstić information content (AvgIpc) is 3.07. The molecule has 1 atom stereocenters. The van der Waals surface area contributed by atoms with Gasteiger partial charge in [0.25, 0.3) is 5.69 Å². The van der Waals surface area contributed by atoms with E-state index in [2.05, 4.69) is 70.9 Å². The van der Waals surface area contributed by atoms with Gasteiger partial charge in [0.2, 0.25) is 12.8 Å². The van der Waals surface area contributed by atoms with Gasteiger partial charge < -0.3 is 20.0 Å². The molecule has 1 N–H and O–H groups in total. The molecule has 2 aliphatic heterocycles. The van der Waals surface area contributed by atoms with Gasteiger partial charge in [0.1, 0.15) is 0 Å². The van der Waals surface area contributed by atoms with Crippen molar-refractivity contribution in [2.45, 2.75) is 44.4 Å². The maximum atomic E-state index is 12.6. The summed E-state index contributed by atoms with van der Waals surface area (Å²) in [6.45, 7) is 7.06. The van der Waals surface area contributed by atoms with Gasteiger partial charge >= 0.3 is 0 Å². The van der Waals surface area contributed by atoms with Gasteiger partial charge in [-0.25, -0.2) is 0 Å². The standard InChI is InChI=1S/C36H41N5O4/c1-27-34(38(3)25-42)33(29-15-17-32(18-16-29)41(44)45)35(28(2)37-27)40(26-43)22-10-21-39-23-19-36(20-24-39,30-11-6-4-7-12-30)31-13-8-5-9-14-31/h4-9,11-18,25-26,33,37H,10,19-24H2,1-3H3. The number of nitrogens with zero attached hydrogens (tertiary/aromatic N) is 4. The van der Waals surface area contributed by atoms with Crippen molar-refractivity contribution in [1.29, 1.82) is 0 Å². The van der Waals surface area contributed by atoms with Gasteiger partial charge in [0.05, 0.1) is 22.2 Å². The Bertz CT molecular complexity index is 1520. The van der Waals surface area contributed by atoms with Gasteiger partial charge in [-0.3, -0.25) is 19.7 Å². The molecule has 1 fully saturated rings. The van der Waals surface area contributed by atoms with Gasteiger partial charge in [0.15, 0.2) is 0 Å². The van der Waals surface area contributed by atoms with Gasteiger partial charge in [-0.05, 0) is 69.4 Å². The Morgan fingerprint density at radius 1 is 0.867 bits per heavy atom. The number of piperidine rings is 1. The van der Waals surface area contributed by atoms with E-state index in [4.69, 9.17) is 0 Å². The predicted octanol–water partition coefficient (Wildman–Crippen LogP) is 5.76. The molecule has 0 aliphatic carbocycles. The van der Waals surface area contributed by atoms with Gasteiger partial charge in [-0.15, -0.1) is 0 Å². The number of rotatable bonds is 12. The summed E-state index contributed by atoms with van der Waals surface area (Å²) in [5, 5.41) is 14.7. The summed E-state index contributed by atoms with van der Waals surface area (Å²) in [5.74, 6) is -0.459. The second-order valence-electron chi connectivity index (χ2n) is 12.0. The predicted molar refractivity (Wildman–Crippen MR) is 175 cm³/mol. The van der Waals surface area contributed by atoms with Crippen LogP contribution in [0.5, 0.6) is 0 Å². The number of nitrogens with one attached hydrogen (secondary N) is 1. The minimum atomic E-state index is -0.459. The summed E-state index contributed by atoms with van der Waals surface area (Å²) in [4.78, 5) is 41.2. The number of allylic oxidation sites excluding steroid dienone is 2. The first kappa shape index (κ1) is 31.7. The number of dihydropyridines is 1. The molecule has 2 aliphatic rings. The lowest BCUT2D eigenvalue weighted by atomic mass is 9.68. The monoisotopic (exact) mass is 607 g/mol. The molecule has 0 aromatic heterocycles. The maximum Gasteiger partial charge on any atom is 0.269 e. The smallest absolute Gasteiger partial charge is 0.269 e. The topological polar surface area (TPSA) is 99.0 Å². The van der Waals surface area contributed by atoms with Crippen molar-refractivity contribution in [3.63, 3.8) is 0 Å². The molecular formula is C36H41N5O4. The minimum Gasteiger partial charge on any atom is -0.360 e. The molecule has 1 unspecified atom stereocenters. The van der Waals surface area contributed by atoms with Crippen LogP contribution in [0.15, 0.2) is 108 Å². The van der Waals surface area contributed by atoms with E-state index in [1.807, 2.05) is 13.8 Å². The van der Waals surface area contributed by atoms with Crippen molar-refractivity contribution >= 4 is 18.5 Å². The highest BCUT2D eigenvalue weighted by Gasteiger charge is 2.38. The van der Waals surface area contributed by atoms with E-state index in [0.717, 1.165) is 74.4 Å². The zero-order chi connectivity index (χ0) is 32.0. The van der Waals surface area contributed by atoms with Crippen LogP contribution in [0, 0.1) is 10.1 Å². The highest BCUT2D eigenvalue weighted by Crippen LogP contribution is 2.42. The van der Waals surface area contributed by atoms with Crippen LogP contribution in [0.1, 0.15) is 55.7 Å². The molecule has 2 amide bonds. The highest BCUT2D eigenvalue weighted by molar-refractivity contribution is 5.60. The normalized spacial score (nSPS) is 18.2. The Balaban J connectivity index is 1.32. The van der Waals surface area contributed by atoms with Crippen molar-refractivity contribution in [2.24, 2.45) is 0 Å². The van der Waals surface area contributed by atoms with Crippen molar-refractivity contribution in [3.8, 4) is 0 Å². The molecule has 0 radical (unpaired) electrons. The third-order valence-corrected chi connectivity index (χ3v) is 9.34. The zero-order valence-electron chi connectivity index (χ0n) is 26.2. The van der Waals surface area contributed by atoms with E-state index < -0.39 is 10.8 Å². The van der Waals surface area contributed by atoms with E-state index in [1.165, 1.54) is 28.2 Å². The third-order valence-electron chi connectivity index (χ3n) is 9.34. The molecule has 0 bridgehead atoms. The molecule has 3 aromatic carbocycles. The first-order valence-corrected chi connectivity index (χ1v) is 15.5. The molecule has 1 saturated heterocycles. The average molecular weight is 608 g/mol. The summed E-state index contributed by atoms with van der Waals surface area (Å²) in [5.41, 5.74) is 6.46. The van der Waals surface area contributed by atoms with Gasteiger partial charge in [-0.1, -0.05) is 72.8 Å². The summed E-state index contributed by atoms with van der Waals surface area (Å²) in [6, 6.07) is 27.9. The summed E-state index contributed by atoms with van der Waals surface area (Å²) in [7, 11) is 1.68. The van der Waals surface area contributed by atoms with Crippen LogP contribution in [0.4, 0.5) is 5.69 Å². The molecule has 9 nitrogen and oxygen atoms in total. The Labute approximate surface area is 265 Å². The number of carbonyl (C=O) groups excluding carboxylic acids is 2. The number of carbonyl (C=O) groups is 2. The first-order valence-electron chi connectivity index (χ1n) is 15.5. The SMILES string of the molecule is CC1=C(N(C)C=O)C(c2ccc([N+](=O)[O-])cc2)C(N(C=O)CCCN2CCC(c3ccccc3)(c3ccccc3)CC2)=C(C)N1. The van der Waals surface area contributed by atoms with Crippen LogP contribution >= 0.6 is 0 Å². The molecular weight excluding hydrogens is 566 g/mol. The number of nitro groups is 1. The molecule has 0 spiro atoms. The number of hydrogen-bond donors (Lipinski definition) is 1. The number of likely N-dealkylation sites (tertiary alicyclic amines) is 1. The summed E-state index contributed by atoms with van der Waals surface area (Å²) < 4.78 is 0. The van der Waals surface area contributed by atoms with Crippen LogP contribution in [-0.4, -0.2) is 65.7 Å². The fourth-order valence-electron chi connectivity index (χ4n) is 7.09. The van der Waals surface area contributed by atoms with Crippen molar-refractivity contribution < 1.29 is 14.5 Å². The van der Waals surface area contributed by atoms with Crippen LogP contribution in [0.3, 0.4) is 0 Å². The zero-order valence-corrected chi connectivity index (χ0v) is 26.2. The number of non-ortho nitro benzene ring substituents is 1. The van der Waals surface area contributed by atoms with Crippen LogP contribution in [0.2, 0.25) is 0 Å². The Kier molecular flexibility index (Phi) is 9.78. The molecule has 3 aromatic rings. The maximum absolute atomic E-state index is 12.6. The highest BCUT2D eigenvalue weighted by atomic mass is 16.6. The second-order valence-corrected chi connectivity index (χ2v) is 12.0. The molecule has 2 heterocycles. The van der Waals surface area contributed by atoms with Crippen LogP contribution in [-0.2, 0) is 15.0 Å². The van der Waals surface area contributed by atoms with Crippen molar-refractivity contribution in [2.75, 3.05) is 33.2 Å². The van der Waals surface area contributed by atoms with E-state index in [9.17, 15) is 19.7 Å². The number of nitro benzene ring substituents is 1. The summed E-state index contributed by atoms with van der Waals surface area (Å²) in [6.07, 6.45) is 4.39. The fraction of sp³-hybridized carbons (Fsp3) is 0.333. The minimum absolute atomic E-state index is 0.0155. The molecule has 5 rings (SSSR count). The third kappa shape index (κ3) is 6.54. The second kappa shape index (κ2) is 13.9. The largest absolute Gasteiger partial charge is 0.360 e. The fourth-order valence-corrected chi connectivity index (χ4v) is 7.09. The van der Waals surface area contributed by atoms with E-state index in [-0.39, 0.29) is 11.1 Å². The number of benzene rings is 3. The number of likely N-dealkylation sites (N-methyl/N-ethyl adjacent to an activating group) is 1. The Hall–Kier alpha value is -4.76. The number of amides is 2. The van der Waals surface area contributed by atoms with Gasteiger partial charge in [-0.2, -0.15) is 0 Å². The molecule has 9 heteroatoms. The summed E-state index contributed by atoms with van der Waals surface area (Å²) >= 11 is 0. The first-order chi connectivity index (χ1) is 21.8. The van der Waals surface area contributed by atoms with Crippen LogP contribution < -0.4 is 5.32 Å². The number of hydrogen-bond acceptors (Lipinski definition) is 6.